The highest BCUT2D eigenvalue weighted by atomic mass is 35.5. The molecule has 1 aliphatic rings. The highest BCUT2D eigenvalue weighted by Gasteiger charge is 2.24. The van der Waals surface area contributed by atoms with Gasteiger partial charge in [-0.1, -0.05) is 35.9 Å². The SMILES string of the molecule is O=C1NC(=Nc2nsc3ccccc23)S/C1=C\c1cccc(Cl)c1. The zero-order valence-electron chi connectivity index (χ0n) is 12.2. The number of aliphatic imine (C=N–C) groups is 1. The Morgan fingerprint density at radius 2 is 2.04 bits per heavy atom. The summed E-state index contributed by atoms with van der Waals surface area (Å²) in [5, 5.41) is 4.93. The zero-order valence-corrected chi connectivity index (χ0v) is 14.6. The fourth-order valence-electron chi connectivity index (χ4n) is 2.28. The second-order valence-corrected chi connectivity index (χ2v) is 7.31. The fourth-order valence-corrected chi connectivity index (χ4v) is 4.02. The molecule has 2 heterocycles. The third-order valence-corrected chi connectivity index (χ3v) is 5.33. The number of amides is 1. The molecule has 4 rings (SSSR count). The predicted octanol–water partition coefficient (Wildman–Crippen LogP) is 4.84. The van der Waals surface area contributed by atoms with Gasteiger partial charge >= 0.3 is 0 Å². The van der Waals surface area contributed by atoms with Gasteiger partial charge in [0, 0.05) is 10.4 Å². The van der Waals surface area contributed by atoms with Crippen LogP contribution in [0.15, 0.2) is 58.4 Å². The molecule has 1 N–H and O–H groups in total. The lowest BCUT2D eigenvalue weighted by Crippen LogP contribution is -2.19. The van der Waals surface area contributed by atoms with Crippen molar-refractivity contribution in [1.82, 2.24) is 9.69 Å². The minimum Gasteiger partial charge on any atom is -0.300 e. The first-order valence-electron chi connectivity index (χ1n) is 7.08. The molecule has 1 aromatic heterocycles. The smallest absolute Gasteiger partial charge is 0.264 e. The molecule has 24 heavy (non-hydrogen) atoms. The molecule has 1 aliphatic heterocycles. The normalized spacial score (nSPS) is 17.8. The summed E-state index contributed by atoms with van der Waals surface area (Å²) in [6, 6.07) is 15.3. The van der Waals surface area contributed by atoms with E-state index in [0.29, 0.717) is 20.9 Å². The number of hydrogen-bond donors (Lipinski definition) is 1. The first-order chi connectivity index (χ1) is 11.7. The molecule has 0 radical (unpaired) electrons. The molecule has 0 spiro atoms. The van der Waals surface area contributed by atoms with Crippen LogP contribution in [-0.2, 0) is 4.79 Å². The Hall–Kier alpha value is -2.15. The Balaban J connectivity index is 1.64. The number of fused-ring (bicyclic) bond motifs is 1. The predicted molar refractivity (Wildman–Crippen MR) is 102 cm³/mol. The average molecular weight is 372 g/mol. The van der Waals surface area contributed by atoms with E-state index < -0.39 is 0 Å². The van der Waals surface area contributed by atoms with Crippen LogP contribution in [0, 0.1) is 0 Å². The van der Waals surface area contributed by atoms with Gasteiger partial charge < -0.3 is 5.32 Å². The number of carbonyl (C=O) groups is 1. The van der Waals surface area contributed by atoms with E-state index in [1.54, 1.807) is 12.1 Å². The van der Waals surface area contributed by atoms with Crippen molar-refractivity contribution < 1.29 is 4.79 Å². The van der Waals surface area contributed by atoms with Gasteiger partial charge in [-0.15, -0.1) is 0 Å². The number of thioether (sulfide) groups is 1. The van der Waals surface area contributed by atoms with E-state index in [4.69, 9.17) is 11.6 Å². The minimum absolute atomic E-state index is 0.168. The lowest BCUT2D eigenvalue weighted by molar-refractivity contribution is -0.115. The van der Waals surface area contributed by atoms with Crippen LogP contribution >= 0.6 is 34.9 Å². The van der Waals surface area contributed by atoms with Gasteiger partial charge in [-0.3, -0.25) is 4.79 Å². The summed E-state index contributed by atoms with van der Waals surface area (Å²) in [4.78, 5) is 17.2. The molecule has 2 aromatic carbocycles. The van der Waals surface area contributed by atoms with Crippen molar-refractivity contribution in [2.24, 2.45) is 4.99 Å². The van der Waals surface area contributed by atoms with Crippen LogP contribution in [0.3, 0.4) is 0 Å². The summed E-state index contributed by atoms with van der Waals surface area (Å²) in [5.74, 6) is 0.459. The standard InChI is InChI=1S/C17H10ClN3OS2/c18-11-5-3-4-10(8-11)9-14-16(22)20-17(23-14)19-15-12-6-1-2-7-13(12)24-21-15/h1-9H,(H,19,20,21,22)/b14-9-. The molecule has 4 nitrogen and oxygen atoms in total. The van der Waals surface area contributed by atoms with E-state index in [1.807, 2.05) is 42.5 Å². The number of aromatic nitrogens is 1. The fraction of sp³-hybridized carbons (Fsp3) is 0. The summed E-state index contributed by atoms with van der Waals surface area (Å²) in [6.45, 7) is 0. The van der Waals surface area contributed by atoms with E-state index >= 15 is 0 Å². The van der Waals surface area contributed by atoms with Crippen LogP contribution in [0.5, 0.6) is 0 Å². The summed E-state index contributed by atoms with van der Waals surface area (Å²) in [7, 11) is 0. The first-order valence-corrected chi connectivity index (χ1v) is 9.05. The number of nitrogens with zero attached hydrogens (tertiary/aromatic N) is 2. The van der Waals surface area contributed by atoms with Crippen molar-refractivity contribution in [3.8, 4) is 0 Å². The molecule has 7 heteroatoms. The van der Waals surface area contributed by atoms with Crippen LogP contribution in [0.2, 0.25) is 5.02 Å². The third-order valence-electron chi connectivity index (χ3n) is 3.36. The molecule has 0 bridgehead atoms. The Labute approximate surface area is 151 Å². The van der Waals surface area contributed by atoms with Crippen LogP contribution in [0.4, 0.5) is 5.82 Å². The lowest BCUT2D eigenvalue weighted by Gasteiger charge is -1.95. The zero-order chi connectivity index (χ0) is 16.5. The number of hydrogen-bond acceptors (Lipinski definition) is 5. The van der Waals surface area contributed by atoms with Crippen molar-refractivity contribution in [2.75, 3.05) is 0 Å². The van der Waals surface area contributed by atoms with Crippen molar-refractivity contribution in [3.05, 3.63) is 64.0 Å². The van der Waals surface area contributed by atoms with Crippen molar-refractivity contribution in [1.29, 1.82) is 0 Å². The number of nitrogens with one attached hydrogen (secondary N) is 1. The first kappa shape index (κ1) is 15.4. The molecule has 0 aliphatic carbocycles. The Kier molecular flexibility index (Phi) is 4.10. The summed E-state index contributed by atoms with van der Waals surface area (Å²) >= 11 is 8.67. The molecular weight excluding hydrogens is 362 g/mol. The van der Waals surface area contributed by atoms with E-state index in [2.05, 4.69) is 14.7 Å². The van der Waals surface area contributed by atoms with Crippen LogP contribution in [-0.4, -0.2) is 15.4 Å². The number of amidine groups is 1. The topological polar surface area (TPSA) is 54.4 Å². The minimum atomic E-state index is -0.168. The van der Waals surface area contributed by atoms with Gasteiger partial charge in [-0.05, 0) is 59.2 Å². The second-order valence-electron chi connectivity index (χ2n) is 5.04. The van der Waals surface area contributed by atoms with Gasteiger partial charge in [-0.25, -0.2) is 4.99 Å². The lowest BCUT2D eigenvalue weighted by atomic mass is 10.2. The van der Waals surface area contributed by atoms with Crippen molar-refractivity contribution >= 4 is 68.0 Å². The highest BCUT2D eigenvalue weighted by molar-refractivity contribution is 8.18. The summed E-state index contributed by atoms with van der Waals surface area (Å²) in [6.07, 6.45) is 1.80. The van der Waals surface area contributed by atoms with Gasteiger partial charge in [0.2, 0.25) is 0 Å². The molecule has 0 atom stereocenters. The largest absolute Gasteiger partial charge is 0.300 e. The van der Waals surface area contributed by atoms with Gasteiger partial charge in [0.1, 0.15) is 0 Å². The monoisotopic (exact) mass is 371 g/mol. The molecule has 118 valence electrons. The van der Waals surface area contributed by atoms with Crippen LogP contribution < -0.4 is 5.32 Å². The number of halogens is 1. The van der Waals surface area contributed by atoms with Gasteiger partial charge in [0.05, 0.1) is 9.61 Å². The average Bonchev–Trinajstić information content (AvgIpc) is 3.12. The number of rotatable bonds is 2. The van der Waals surface area contributed by atoms with E-state index in [0.717, 1.165) is 15.6 Å². The Morgan fingerprint density at radius 3 is 2.92 bits per heavy atom. The molecule has 0 unspecified atom stereocenters. The summed E-state index contributed by atoms with van der Waals surface area (Å²) < 4.78 is 5.43. The molecule has 3 aromatic rings. The molecule has 1 amide bonds. The maximum absolute atomic E-state index is 12.1. The molecule has 1 saturated heterocycles. The highest BCUT2D eigenvalue weighted by Crippen LogP contribution is 2.32. The molecular formula is C17H10ClN3OS2. The third kappa shape index (κ3) is 3.08. The van der Waals surface area contributed by atoms with Gasteiger partial charge in [0.15, 0.2) is 11.0 Å². The second kappa shape index (κ2) is 6.39. The maximum atomic E-state index is 12.1. The molecule has 1 fully saturated rings. The number of benzene rings is 2. The van der Waals surface area contributed by atoms with Crippen LogP contribution in [0.25, 0.3) is 16.2 Å². The Bertz CT molecular complexity index is 1010. The summed E-state index contributed by atoms with van der Waals surface area (Å²) in [5.41, 5.74) is 0.875. The quantitative estimate of drug-likeness (QED) is 0.655. The number of carbonyl (C=O) groups excluding carboxylic acids is 1. The van der Waals surface area contributed by atoms with E-state index in [9.17, 15) is 4.79 Å². The van der Waals surface area contributed by atoms with Crippen molar-refractivity contribution in [3.63, 3.8) is 0 Å². The molecule has 0 saturated carbocycles. The maximum Gasteiger partial charge on any atom is 0.264 e. The Morgan fingerprint density at radius 1 is 1.17 bits per heavy atom. The van der Waals surface area contributed by atoms with E-state index in [-0.39, 0.29) is 5.91 Å². The van der Waals surface area contributed by atoms with E-state index in [1.165, 1.54) is 23.3 Å². The van der Waals surface area contributed by atoms with Gasteiger partial charge in [-0.2, -0.15) is 4.37 Å². The van der Waals surface area contributed by atoms with Crippen molar-refractivity contribution in [2.45, 2.75) is 0 Å². The van der Waals surface area contributed by atoms with Gasteiger partial charge in [0.25, 0.3) is 5.91 Å². The van der Waals surface area contributed by atoms with Crippen LogP contribution in [0.1, 0.15) is 5.56 Å².